The van der Waals surface area contributed by atoms with Gasteiger partial charge in [-0.15, -0.1) is 23.1 Å². The first kappa shape index (κ1) is 14.6. The monoisotopic (exact) mass is 355 g/mol. The van der Waals surface area contributed by atoms with Crippen LogP contribution in [0.3, 0.4) is 0 Å². The number of carbonyl (C=O) groups is 1. The van der Waals surface area contributed by atoms with Gasteiger partial charge in [0.2, 0.25) is 5.91 Å². The number of thiophene rings is 1. The predicted octanol–water partition coefficient (Wildman–Crippen LogP) is 4.06. The van der Waals surface area contributed by atoms with E-state index in [0.717, 1.165) is 10.2 Å². The molecule has 0 unspecified atom stereocenters. The van der Waals surface area contributed by atoms with E-state index in [1.807, 2.05) is 29.6 Å². The lowest BCUT2D eigenvalue weighted by molar-refractivity contribution is -0.118. The van der Waals surface area contributed by atoms with Gasteiger partial charge in [0.05, 0.1) is 12.3 Å². The fourth-order valence-corrected chi connectivity index (χ4v) is 3.22. The van der Waals surface area contributed by atoms with E-state index in [0.29, 0.717) is 12.3 Å². The topological polar surface area (TPSA) is 29.1 Å². The zero-order valence-corrected chi connectivity index (χ0v) is 13.5. The Kier molecular flexibility index (Phi) is 5.94. The number of amides is 1. The minimum absolute atomic E-state index is 0.0931. The lowest BCUT2D eigenvalue weighted by atomic mass is 10.2. The van der Waals surface area contributed by atoms with Crippen molar-refractivity contribution in [2.75, 3.05) is 5.75 Å². The maximum Gasteiger partial charge on any atom is 0.230 e. The van der Waals surface area contributed by atoms with Crippen molar-refractivity contribution in [3.05, 3.63) is 56.7 Å². The molecule has 0 saturated heterocycles. The Bertz CT molecular complexity index is 511. The minimum Gasteiger partial charge on any atom is -0.350 e. The van der Waals surface area contributed by atoms with Crippen molar-refractivity contribution in [3.63, 3.8) is 0 Å². The fraction of sp³-hybridized carbons (Fsp3) is 0.214. The van der Waals surface area contributed by atoms with Crippen molar-refractivity contribution in [1.82, 2.24) is 5.32 Å². The van der Waals surface area contributed by atoms with Crippen LogP contribution in [0.1, 0.15) is 10.4 Å². The van der Waals surface area contributed by atoms with Crippen molar-refractivity contribution in [2.24, 2.45) is 0 Å². The van der Waals surface area contributed by atoms with E-state index in [1.165, 1.54) is 10.4 Å². The Morgan fingerprint density at radius 3 is 2.74 bits per heavy atom. The van der Waals surface area contributed by atoms with E-state index in [1.54, 1.807) is 23.1 Å². The molecule has 2 aromatic rings. The molecule has 0 fully saturated rings. The van der Waals surface area contributed by atoms with Gasteiger partial charge in [0, 0.05) is 15.1 Å². The van der Waals surface area contributed by atoms with Gasteiger partial charge in [0.1, 0.15) is 0 Å². The maximum atomic E-state index is 11.6. The number of hydrogen-bond acceptors (Lipinski definition) is 3. The summed E-state index contributed by atoms with van der Waals surface area (Å²) in [5.74, 6) is 1.46. The number of carbonyl (C=O) groups excluding carboxylic acids is 1. The first-order valence-corrected chi connectivity index (χ1v) is 8.68. The molecule has 100 valence electrons. The summed E-state index contributed by atoms with van der Waals surface area (Å²) in [5, 5.41) is 4.94. The summed E-state index contributed by atoms with van der Waals surface area (Å²) < 4.78 is 1.08. The quantitative estimate of drug-likeness (QED) is 0.846. The van der Waals surface area contributed by atoms with Crippen LogP contribution in [0.4, 0.5) is 0 Å². The molecule has 1 amide bonds. The van der Waals surface area contributed by atoms with Gasteiger partial charge in [-0.05, 0) is 29.1 Å². The summed E-state index contributed by atoms with van der Waals surface area (Å²) >= 11 is 6.70. The Balaban J connectivity index is 1.65. The fourth-order valence-electron chi connectivity index (χ4n) is 1.49. The highest BCUT2D eigenvalue weighted by atomic mass is 79.9. The zero-order valence-electron chi connectivity index (χ0n) is 10.3. The number of halogens is 1. The second-order valence-electron chi connectivity index (χ2n) is 3.98. The molecule has 2 nitrogen and oxygen atoms in total. The molecule has 0 bridgehead atoms. The van der Waals surface area contributed by atoms with Crippen LogP contribution in [0.2, 0.25) is 0 Å². The van der Waals surface area contributed by atoms with Crippen molar-refractivity contribution in [1.29, 1.82) is 0 Å². The molecule has 1 N–H and O–H groups in total. The minimum atomic E-state index is 0.0931. The van der Waals surface area contributed by atoms with Crippen LogP contribution in [-0.4, -0.2) is 11.7 Å². The Labute approximate surface area is 129 Å². The second kappa shape index (κ2) is 7.72. The number of thioether (sulfide) groups is 1. The van der Waals surface area contributed by atoms with Crippen molar-refractivity contribution in [2.45, 2.75) is 12.3 Å². The smallest absolute Gasteiger partial charge is 0.230 e. The number of benzene rings is 1. The van der Waals surface area contributed by atoms with Crippen molar-refractivity contribution in [3.8, 4) is 0 Å². The molecule has 1 aromatic heterocycles. The first-order valence-electron chi connectivity index (χ1n) is 5.85. The van der Waals surface area contributed by atoms with E-state index in [4.69, 9.17) is 0 Å². The molecular weight excluding hydrogens is 342 g/mol. The third kappa shape index (κ3) is 5.38. The Morgan fingerprint density at radius 2 is 2.05 bits per heavy atom. The molecule has 0 aliphatic carbocycles. The van der Waals surface area contributed by atoms with Gasteiger partial charge in [0.15, 0.2) is 0 Å². The molecule has 0 atom stereocenters. The summed E-state index contributed by atoms with van der Waals surface area (Å²) in [4.78, 5) is 12.8. The van der Waals surface area contributed by atoms with Crippen LogP contribution >= 0.6 is 39.0 Å². The molecule has 2 rings (SSSR count). The standard InChI is InChI=1S/C14H14BrNOS2/c15-12-5-3-11(4-6-12)9-18-10-14(17)16-8-13-2-1-7-19-13/h1-7H,8-10H2,(H,16,17). The number of nitrogens with one attached hydrogen (secondary N) is 1. The van der Waals surface area contributed by atoms with Gasteiger partial charge >= 0.3 is 0 Å². The van der Waals surface area contributed by atoms with E-state index in [-0.39, 0.29) is 5.91 Å². The second-order valence-corrected chi connectivity index (χ2v) is 6.91. The average Bonchev–Trinajstić information content (AvgIpc) is 2.92. The van der Waals surface area contributed by atoms with Gasteiger partial charge in [-0.3, -0.25) is 4.79 Å². The summed E-state index contributed by atoms with van der Waals surface area (Å²) in [6, 6.07) is 12.2. The first-order chi connectivity index (χ1) is 9.24. The summed E-state index contributed by atoms with van der Waals surface area (Å²) in [6.07, 6.45) is 0. The Morgan fingerprint density at radius 1 is 1.26 bits per heavy atom. The summed E-state index contributed by atoms with van der Waals surface area (Å²) in [6.45, 7) is 0.634. The van der Waals surface area contributed by atoms with Crippen LogP contribution in [0.25, 0.3) is 0 Å². The maximum absolute atomic E-state index is 11.6. The molecule has 0 aliphatic rings. The molecular formula is C14H14BrNOS2. The van der Waals surface area contributed by atoms with Crippen LogP contribution in [0.5, 0.6) is 0 Å². The zero-order chi connectivity index (χ0) is 13.5. The van der Waals surface area contributed by atoms with Gasteiger partial charge < -0.3 is 5.32 Å². The van der Waals surface area contributed by atoms with Crippen LogP contribution < -0.4 is 5.32 Å². The van der Waals surface area contributed by atoms with Gasteiger partial charge in [-0.25, -0.2) is 0 Å². The largest absolute Gasteiger partial charge is 0.350 e. The van der Waals surface area contributed by atoms with Crippen LogP contribution in [0, 0.1) is 0 Å². The van der Waals surface area contributed by atoms with Gasteiger partial charge in [-0.2, -0.15) is 0 Å². The van der Waals surface area contributed by atoms with E-state index in [9.17, 15) is 4.79 Å². The molecule has 0 aliphatic heterocycles. The third-order valence-corrected chi connectivity index (χ3v) is 4.86. The predicted molar refractivity (Wildman–Crippen MR) is 86.5 cm³/mol. The lowest BCUT2D eigenvalue weighted by Gasteiger charge is -2.04. The lowest BCUT2D eigenvalue weighted by Crippen LogP contribution is -2.24. The van der Waals surface area contributed by atoms with E-state index in [2.05, 4.69) is 33.4 Å². The highest BCUT2D eigenvalue weighted by molar-refractivity contribution is 9.10. The highest BCUT2D eigenvalue weighted by Gasteiger charge is 2.02. The van der Waals surface area contributed by atoms with Gasteiger partial charge in [0.25, 0.3) is 0 Å². The number of hydrogen-bond donors (Lipinski definition) is 1. The normalized spacial score (nSPS) is 10.4. The SMILES string of the molecule is O=C(CSCc1ccc(Br)cc1)NCc1cccs1. The number of rotatable bonds is 6. The third-order valence-electron chi connectivity index (χ3n) is 2.46. The molecule has 1 aromatic carbocycles. The average molecular weight is 356 g/mol. The molecule has 0 saturated carbocycles. The van der Waals surface area contributed by atoms with Crippen molar-refractivity contribution >= 4 is 44.9 Å². The molecule has 1 heterocycles. The van der Waals surface area contributed by atoms with Crippen LogP contribution in [0.15, 0.2) is 46.3 Å². The van der Waals surface area contributed by atoms with E-state index < -0.39 is 0 Å². The van der Waals surface area contributed by atoms with Crippen molar-refractivity contribution < 1.29 is 4.79 Å². The molecule has 19 heavy (non-hydrogen) atoms. The molecule has 0 radical (unpaired) electrons. The summed E-state index contributed by atoms with van der Waals surface area (Å²) in [5.41, 5.74) is 1.24. The van der Waals surface area contributed by atoms with Crippen LogP contribution in [-0.2, 0) is 17.1 Å². The Hall–Kier alpha value is -0.780. The van der Waals surface area contributed by atoms with E-state index >= 15 is 0 Å². The summed E-state index contributed by atoms with van der Waals surface area (Å²) in [7, 11) is 0. The highest BCUT2D eigenvalue weighted by Crippen LogP contribution is 2.15. The molecule has 0 spiro atoms. The van der Waals surface area contributed by atoms with Gasteiger partial charge in [-0.1, -0.05) is 34.1 Å². The molecule has 5 heteroatoms.